The fraction of sp³-hybridized carbons (Fsp3) is 0.647. The molecular weight excluding hydrogens is 232 g/mol. The van der Waals surface area contributed by atoms with Crippen LogP contribution in [0.2, 0.25) is 0 Å². The Kier molecular flexibility index (Phi) is 4.64. The molecule has 0 amide bonds. The Morgan fingerprint density at radius 3 is 2.47 bits per heavy atom. The van der Waals surface area contributed by atoms with E-state index in [1.165, 1.54) is 43.5 Å². The number of hydrogen-bond acceptors (Lipinski definition) is 2. The molecule has 1 saturated heterocycles. The molecule has 0 spiro atoms. The van der Waals surface area contributed by atoms with Gasteiger partial charge < -0.3 is 10.6 Å². The van der Waals surface area contributed by atoms with Crippen LogP contribution in [0, 0.1) is 12.3 Å². The van der Waals surface area contributed by atoms with Crippen LogP contribution in [0.15, 0.2) is 24.3 Å². The largest absolute Gasteiger partial charge is 0.323 e. The van der Waals surface area contributed by atoms with E-state index in [1.54, 1.807) is 0 Å². The van der Waals surface area contributed by atoms with Crippen molar-refractivity contribution in [3.63, 3.8) is 0 Å². The van der Waals surface area contributed by atoms with Gasteiger partial charge in [0.05, 0.1) is 0 Å². The van der Waals surface area contributed by atoms with E-state index in [1.807, 2.05) is 0 Å². The maximum absolute atomic E-state index is 6.39. The quantitative estimate of drug-likeness (QED) is 0.897. The van der Waals surface area contributed by atoms with Crippen molar-refractivity contribution >= 4 is 0 Å². The zero-order valence-corrected chi connectivity index (χ0v) is 12.7. The van der Waals surface area contributed by atoms with Crippen LogP contribution >= 0.6 is 0 Å². The van der Waals surface area contributed by atoms with Crippen LogP contribution < -0.4 is 5.73 Å². The van der Waals surface area contributed by atoms with Gasteiger partial charge in [-0.15, -0.1) is 0 Å². The van der Waals surface area contributed by atoms with Crippen molar-refractivity contribution in [2.75, 3.05) is 19.6 Å². The fourth-order valence-electron chi connectivity index (χ4n) is 3.01. The lowest BCUT2D eigenvalue weighted by molar-refractivity contribution is 0.110. The minimum atomic E-state index is 0.146. The molecule has 19 heavy (non-hydrogen) atoms. The van der Waals surface area contributed by atoms with Crippen LogP contribution in [0.25, 0.3) is 0 Å². The van der Waals surface area contributed by atoms with Crippen molar-refractivity contribution in [2.24, 2.45) is 11.1 Å². The van der Waals surface area contributed by atoms with Gasteiger partial charge in [-0.2, -0.15) is 0 Å². The van der Waals surface area contributed by atoms with E-state index < -0.39 is 0 Å². The second kappa shape index (κ2) is 6.06. The minimum absolute atomic E-state index is 0.146. The summed E-state index contributed by atoms with van der Waals surface area (Å²) in [6.45, 7) is 10.3. The number of piperidine rings is 1. The van der Waals surface area contributed by atoms with Crippen molar-refractivity contribution in [1.29, 1.82) is 0 Å². The molecule has 0 aromatic heterocycles. The molecule has 106 valence electrons. The maximum Gasteiger partial charge on any atom is 0.0426 e. The van der Waals surface area contributed by atoms with Gasteiger partial charge in [-0.1, -0.05) is 44.5 Å². The molecule has 1 aromatic carbocycles. The number of nitrogens with zero attached hydrogens (tertiary/aromatic N) is 1. The first kappa shape index (κ1) is 14.5. The SMILES string of the molecule is CCC1(C)CCN(CC(N)c2ccccc2C)CC1. The Morgan fingerprint density at radius 2 is 1.89 bits per heavy atom. The van der Waals surface area contributed by atoms with Crippen LogP contribution in [0.4, 0.5) is 0 Å². The summed E-state index contributed by atoms with van der Waals surface area (Å²) < 4.78 is 0. The molecule has 1 aliphatic heterocycles. The number of likely N-dealkylation sites (tertiary alicyclic amines) is 1. The van der Waals surface area contributed by atoms with Crippen molar-refractivity contribution in [3.05, 3.63) is 35.4 Å². The third-order valence-corrected chi connectivity index (χ3v) is 4.96. The van der Waals surface area contributed by atoms with E-state index in [0.29, 0.717) is 5.41 Å². The van der Waals surface area contributed by atoms with Crippen molar-refractivity contribution in [2.45, 2.75) is 46.1 Å². The lowest BCUT2D eigenvalue weighted by atomic mass is 9.78. The Morgan fingerprint density at radius 1 is 1.26 bits per heavy atom. The first-order chi connectivity index (χ1) is 9.04. The third kappa shape index (κ3) is 3.58. The highest BCUT2D eigenvalue weighted by Crippen LogP contribution is 2.34. The van der Waals surface area contributed by atoms with Crippen LogP contribution in [0.1, 0.15) is 50.3 Å². The number of aryl methyl sites for hydroxylation is 1. The van der Waals surface area contributed by atoms with Gasteiger partial charge in [0.1, 0.15) is 0 Å². The van der Waals surface area contributed by atoms with Gasteiger partial charge in [0, 0.05) is 12.6 Å². The summed E-state index contributed by atoms with van der Waals surface area (Å²) in [5.74, 6) is 0. The molecule has 1 fully saturated rings. The summed E-state index contributed by atoms with van der Waals surface area (Å²) in [5, 5.41) is 0. The van der Waals surface area contributed by atoms with E-state index >= 15 is 0 Å². The predicted octanol–water partition coefficient (Wildman–Crippen LogP) is 3.51. The first-order valence-corrected chi connectivity index (χ1v) is 7.57. The van der Waals surface area contributed by atoms with E-state index in [-0.39, 0.29) is 6.04 Å². The average molecular weight is 260 g/mol. The zero-order valence-electron chi connectivity index (χ0n) is 12.7. The molecule has 1 atom stereocenters. The number of benzene rings is 1. The molecule has 0 radical (unpaired) electrons. The molecule has 2 N–H and O–H groups in total. The van der Waals surface area contributed by atoms with Gasteiger partial charge in [-0.05, 0) is 49.4 Å². The standard InChI is InChI=1S/C17H28N2/c1-4-17(3)9-11-19(12-10-17)13-16(18)15-8-6-5-7-14(15)2/h5-8,16H,4,9-13,18H2,1-3H3. The summed E-state index contributed by atoms with van der Waals surface area (Å²) in [5.41, 5.74) is 9.55. The molecule has 1 heterocycles. The molecule has 2 heteroatoms. The Bertz CT molecular complexity index is 405. The van der Waals surface area contributed by atoms with E-state index in [0.717, 1.165) is 6.54 Å². The molecule has 2 nitrogen and oxygen atoms in total. The lowest BCUT2D eigenvalue weighted by Crippen LogP contribution is -2.41. The Hall–Kier alpha value is -0.860. The number of nitrogens with two attached hydrogens (primary N) is 1. The highest BCUT2D eigenvalue weighted by Gasteiger charge is 2.28. The lowest BCUT2D eigenvalue weighted by Gasteiger charge is -2.39. The molecule has 1 aliphatic rings. The third-order valence-electron chi connectivity index (χ3n) is 4.96. The molecule has 0 bridgehead atoms. The van der Waals surface area contributed by atoms with Crippen LogP contribution in [0.3, 0.4) is 0 Å². The number of rotatable bonds is 4. The predicted molar refractivity (Wildman–Crippen MR) is 82.2 cm³/mol. The highest BCUT2D eigenvalue weighted by molar-refractivity contribution is 5.28. The van der Waals surface area contributed by atoms with E-state index in [9.17, 15) is 0 Å². The molecular formula is C17H28N2. The normalized spacial score (nSPS) is 21.3. The van der Waals surface area contributed by atoms with Gasteiger partial charge in [-0.25, -0.2) is 0 Å². The molecule has 0 aliphatic carbocycles. The fourth-order valence-corrected chi connectivity index (χ4v) is 3.01. The van der Waals surface area contributed by atoms with Gasteiger partial charge in [-0.3, -0.25) is 0 Å². The first-order valence-electron chi connectivity index (χ1n) is 7.57. The van der Waals surface area contributed by atoms with Crippen LogP contribution in [-0.4, -0.2) is 24.5 Å². The summed E-state index contributed by atoms with van der Waals surface area (Å²) in [6, 6.07) is 8.64. The topological polar surface area (TPSA) is 29.3 Å². The summed E-state index contributed by atoms with van der Waals surface area (Å²) in [7, 11) is 0. The van der Waals surface area contributed by atoms with Gasteiger partial charge in [0.2, 0.25) is 0 Å². The second-order valence-corrected chi connectivity index (χ2v) is 6.43. The second-order valence-electron chi connectivity index (χ2n) is 6.43. The molecule has 1 aromatic rings. The summed E-state index contributed by atoms with van der Waals surface area (Å²) >= 11 is 0. The Labute approximate surface area is 118 Å². The Balaban J connectivity index is 1.91. The summed E-state index contributed by atoms with van der Waals surface area (Å²) in [6.07, 6.45) is 3.92. The van der Waals surface area contributed by atoms with Gasteiger partial charge in [0.15, 0.2) is 0 Å². The van der Waals surface area contributed by atoms with Gasteiger partial charge >= 0.3 is 0 Å². The van der Waals surface area contributed by atoms with E-state index in [2.05, 4.69) is 49.9 Å². The van der Waals surface area contributed by atoms with Crippen LogP contribution in [-0.2, 0) is 0 Å². The van der Waals surface area contributed by atoms with E-state index in [4.69, 9.17) is 5.73 Å². The molecule has 2 rings (SSSR count). The smallest absolute Gasteiger partial charge is 0.0426 e. The van der Waals surface area contributed by atoms with Gasteiger partial charge in [0.25, 0.3) is 0 Å². The van der Waals surface area contributed by atoms with Crippen molar-refractivity contribution < 1.29 is 0 Å². The monoisotopic (exact) mass is 260 g/mol. The van der Waals surface area contributed by atoms with Crippen LogP contribution in [0.5, 0.6) is 0 Å². The molecule has 1 unspecified atom stereocenters. The maximum atomic E-state index is 6.39. The minimum Gasteiger partial charge on any atom is -0.323 e. The summed E-state index contributed by atoms with van der Waals surface area (Å²) in [4.78, 5) is 2.54. The average Bonchev–Trinajstić information content (AvgIpc) is 2.42. The zero-order chi connectivity index (χ0) is 13.9. The molecule has 0 saturated carbocycles. The van der Waals surface area contributed by atoms with Crippen molar-refractivity contribution in [3.8, 4) is 0 Å². The highest BCUT2D eigenvalue weighted by atomic mass is 15.1. The number of hydrogen-bond donors (Lipinski definition) is 1. The van der Waals surface area contributed by atoms with Crippen molar-refractivity contribution in [1.82, 2.24) is 4.90 Å².